The molecule has 2 N–H and O–H groups in total. The van der Waals surface area contributed by atoms with Gasteiger partial charge in [-0.2, -0.15) is 0 Å². The first-order valence-corrected chi connectivity index (χ1v) is 13.7. The van der Waals surface area contributed by atoms with Gasteiger partial charge in [-0.15, -0.1) is 0 Å². The molecule has 0 aliphatic heterocycles. The summed E-state index contributed by atoms with van der Waals surface area (Å²) in [6, 6.07) is 35.2. The highest BCUT2D eigenvalue weighted by Crippen LogP contribution is 2.37. The lowest BCUT2D eigenvalue weighted by atomic mass is 9.87. The van der Waals surface area contributed by atoms with Crippen LogP contribution in [0.4, 0.5) is 0 Å². The number of amides is 1. The van der Waals surface area contributed by atoms with Gasteiger partial charge in [0.05, 0.1) is 0 Å². The normalized spacial score (nSPS) is 12.1. The number of hydrogen-bond acceptors (Lipinski definition) is 1. The maximum atomic E-state index is 13.4. The molecular formula is C34H33ClN2O. The molecule has 0 unspecified atom stereocenters. The third-order valence-electron chi connectivity index (χ3n) is 7.42. The molecule has 0 bridgehead atoms. The molecule has 1 heterocycles. The number of benzene rings is 4. The molecule has 4 heteroatoms. The van der Waals surface area contributed by atoms with E-state index in [9.17, 15) is 4.79 Å². The van der Waals surface area contributed by atoms with E-state index in [2.05, 4.69) is 84.0 Å². The van der Waals surface area contributed by atoms with E-state index >= 15 is 0 Å². The zero-order valence-electron chi connectivity index (χ0n) is 21.7. The van der Waals surface area contributed by atoms with E-state index in [1.54, 1.807) is 0 Å². The van der Waals surface area contributed by atoms with Crippen LogP contribution in [-0.2, 0) is 11.2 Å². The fraction of sp³-hybridized carbons (Fsp3) is 0.206. The van der Waals surface area contributed by atoms with E-state index in [1.165, 1.54) is 16.7 Å². The standard InChI is InChI=1S/C34H33ClN2O/c1-2-24-16-11-18-29-31(23-37-34(24)29)30(28-17-9-10-19-32(28)35)22-33(38)36-21-20-27(25-12-5-3-6-13-25)26-14-7-4-8-15-26/h3-19,23,27,30,37H,2,20-22H2,1H3,(H,36,38)/t30-/m1/s1. The van der Waals surface area contributed by atoms with Gasteiger partial charge in [0.2, 0.25) is 5.91 Å². The zero-order chi connectivity index (χ0) is 26.3. The predicted octanol–water partition coefficient (Wildman–Crippen LogP) is 8.24. The van der Waals surface area contributed by atoms with Gasteiger partial charge in [-0.25, -0.2) is 0 Å². The van der Waals surface area contributed by atoms with Crippen LogP contribution in [0.25, 0.3) is 10.9 Å². The Hall–Kier alpha value is -3.82. The van der Waals surface area contributed by atoms with Crippen molar-refractivity contribution in [2.24, 2.45) is 0 Å². The Morgan fingerprint density at radius 1 is 0.789 bits per heavy atom. The van der Waals surface area contributed by atoms with Gasteiger partial charge in [0.25, 0.3) is 0 Å². The Labute approximate surface area is 229 Å². The molecule has 0 spiro atoms. The van der Waals surface area contributed by atoms with Crippen molar-refractivity contribution in [3.63, 3.8) is 0 Å². The number of hydrogen-bond donors (Lipinski definition) is 2. The van der Waals surface area contributed by atoms with Crippen LogP contribution in [0.1, 0.15) is 59.4 Å². The fourth-order valence-electron chi connectivity index (χ4n) is 5.48. The molecule has 38 heavy (non-hydrogen) atoms. The van der Waals surface area contributed by atoms with Crippen LogP contribution in [0.15, 0.2) is 109 Å². The lowest BCUT2D eigenvalue weighted by Crippen LogP contribution is -2.27. The van der Waals surface area contributed by atoms with Crippen LogP contribution in [0.5, 0.6) is 0 Å². The number of fused-ring (bicyclic) bond motifs is 1. The summed E-state index contributed by atoms with van der Waals surface area (Å²) in [5.41, 5.74) is 6.99. The molecule has 0 saturated carbocycles. The SMILES string of the molecule is CCc1cccc2c([C@H](CC(=O)NCCC(c3ccccc3)c3ccccc3)c3ccccc3Cl)c[nH]c12. The van der Waals surface area contributed by atoms with E-state index in [4.69, 9.17) is 11.6 Å². The second kappa shape index (κ2) is 12.1. The molecule has 192 valence electrons. The summed E-state index contributed by atoms with van der Waals surface area (Å²) in [6.07, 6.45) is 4.14. The van der Waals surface area contributed by atoms with Crippen molar-refractivity contribution in [3.05, 3.63) is 142 Å². The van der Waals surface area contributed by atoms with Gasteiger partial charge in [0, 0.05) is 46.9 Å². The number of carbonyl (C=O) groups is 1. The zero-order valence-corrected chi connectivity index (χ0v) is 22.4. The van der Waals surface area contributed by atoms with Crippen molar-refractivity contribution in [1.82, 2.24) is 10.3 Å². The molecule has 4 aromatic carbocycles. The minimum atomic E-state index is -0.149. The Morgan fingerprint density at radius 2 is 1.45 bits per heavy atom. The average Bonchev–Trinajstić information content (AvgIpc) is 3.40. The number of H-pyrrole nitrogens is 1. The van der Waals surface area contributed by atoms with Gasteiger partial charge in [-0.05, 0) is 46.7 Å². The van der Waals surface area contributed by atoms with Gasteiger partial charge >= 0.3 is 0 Å². The van der Waals surface area contributed by atoms with Crippen LogP contribution in [0, 0.1) is 0 Å². The second-order valence-corrected chi connectivity index (χ2v) is 10.1. The van der Waals surface area contributed by atoms with Gasteiger partial charge in [0.1, 0.15) is 0 Å². The first-order valence-electron chi connectivity index (χ1n) is 13.4. The van der Waals surface area contributed by atoms with Gasteiger partial charge < -0.3 is 10.3 Å². The highest BCUT2D eigenvalue weighted by Gasteiger charge is 2.24. The molecule has 0 saturated heterocycles. The Bertz CT molecular complexity index is 1450. The molecule has 1 atom stereocenters. The third kappa shape index (κ3) is 5.69. The third-order valence-corrected chi connectivity index (χ3v) is 7.76. The lowest BCUT2D eigenvalue weighted by Gasteiger charge is -2.20. The molecule has 0 fully saturated rings. The summed E-state index contributed by atoms with van der Waals surface area (Å²) in [4.78, 5) is 16.9. The molecule has 0 aliphatic carbocycles. The number of halogens is 1. The molecular weight excluding hydrogens is 488 g/mol. The second-order valence-electron chi connectivity index (χ2n) is 9.73. The first kappa shape index (κ1) is 25.8. The fourth-order valence-corrected chi connectivity index (χ4v) is 5.74. The number of aryl methyl sites for hydroxylation is 1. The topological polar surface area (TPSA) is 44.9 Å². The largest absolute Gasteiger partial charge is 0.361 e. The van der Waals surface area contributed by atoms with Gasteiger partial charge in [-0.1, -0.05) is 116 Å². The molecule has 0 aliphatic rings. The van der Waals surface area contributed by atoms with Crippen molar-refractivity contribution in [3.8, 4) is 0 Å². The number of aromatic nitrogens is 1. The van der Waals surface area contributed by atoms with E-state index in [0.29, 0.717) is 18.0 Å². The van der Waals surface area contributed by atoms with E-state index in [-0.39, 0.29) is 17.7 Å². The van der Waals surface area contributed by atoms with Crippen molar-refractivity contribution >= 4 is 28.4 Å². The van der Waals surface area contributed by atoms with Crippen LogP contribution in [0.2, 0.25) is 5.02 Å². The van der Waals surface area contributed by atoms with E-state index in [1.807, 2.05) is 42.6 Å². The summed E-state index contributed by atoms with van der Waals surface area (Å²) >= 11 is 6.67. The number of nitrogens with one attached hydrogen (secondary N) is 2. The van der Waals surface area contributed by atoms with Crippen molar-refractivity contribution in [2.75, 3.05) is 6.54 Å². The smallest absolute Gasteiger partial charge is 0.220 e. The first-order chi connectivity index (χ1) is 18.7. The van der Waals surface area contributed by atoms with E-state index in [0.717, 1.165) is 34.9 Å². The van der Waals surface area contributed by atoms with Crippen LogP contribution >= 0.6 is 11.6 Å². The molecule has 0 radical (unpaired) electrons. The lowest BCUT2D eigenvalue weighted by molar-refractivity contribution is -0.121. The summed E-state index contributed by atoms with van der Waals surface area (Å²) in [5.74, 6) is 0.0949. The van der Waals surface area contributed by atoms with Gasteiger partial charge in [0.15, 0.2) is 0 Å². The predicted molar refractivity (Wildman–Crippen MR) is 158 cm³/mol. The summed E-state index contributed by atoms with van der Waals surface area (Å²) < 4.78 is 0. The molecule has 5 rings (SSSR count). The summed E-state index contributed by atoms with van der Waals surface area (Å²) in [6.45, 7) is 2.75. The number of rotatable bonds is 10. The van der Waals surface area contributed by atoms with Gasteiger partial charge in [-0.3, -0.25) is 4.79 Å². The average molecular weight is 521 g/mol. The maximum absolute atomic E-state index is 13.4. The quantitative estimate of drug-likeness (QED) is 0.191. The van der Waals surface area contributed by atoms with E-state index < -0.39 is 0 Å². The molecule has 1 aromatic heterocycles. The monoisotopic (exact) mass is 520 g/mol. The molecule has 5 aromatic rings. The van der Waals surface area contributed by atoms with Crippen LogP contribution in [-0.4, -0.2) is 17.4 Å². The Kier molecular flexibility index (Phi) is 8.25. The van der Waals surface area contributed by atoms with Crippen molar-refractivity contribution in [2.45, 2.75) is 38.0 Å². The number of para-hydroxylation sites is 1. The van der Waals surface area contributed by atoms with Crippen molar-refractivity contribution < 1.29 is 4.79 Å². The summed E-state index contributed by atoms with van der Waals surface area (Å²) in [7, 11) is 0. The Morgan fingerprint density at radius 3 is 2.11 bits per heavy atom. The highest BCUT2D eigenvalue weighted by molar-refractivity contribution is 6.31. The maximum Gasteiger partial charge on any atom is 0.220 e. The highest BCUT2D eigenvalue weighted by atomic mass is 35.5. The van der Waals surface area contributed by atoms with Crippen LogP contribution in [0.3, 0.4) is 0 Å². The molecule has 3 nitrogen and oxygen atoms in total. The summed E-state index contributed by atoms with van der Waals surface area (Å²) in [5, 5.41) is 5.04. The number of carbonyl (C=O) groups excluding carboxylic acids is 1. The minimum Gasteiger partial charge on any atom is -0.361 e. The molecule has 1 amide bonds. The minimum absolute atomic E-state index is 0.0239. The Balaban J connectivity index is 1.36. The number of aromatic amines is 1. The van der Waals surface area contributed by atoms with Crippen LogP contribution < -0.4 is 5.32 Å². The van der Waals surface area contributed by atoms with Crippen molar-refractivity contribution in [1.29, 1.82) is 0 Å².